The van der Waals surface area contributed by atoms with E-state index in [2.05, 4.69) is 5.32 Å². The number of sulfonamides is 1. The molecule has 2 aromatic rings. The fourth-order valence-corrected chi connectivity index (χ4v) is 5.38. The third kappa shape index (κ3) is 9.50. The number of carbonyl (C=O) groups excluding carboxylic acids is 2. The van der Waals surface area contributed by atoms with Crippen molar-refractivity contribution < 1.29 is 18.0 Å². The first kappa shape index (κ1) is 30.4. The lowest BCUT2D eigenvalue weighted by Gasteiger charge is -2.32. The molecule has 2 atom stereocenters. The highest BCUT2D eigenvalue weighted by Gasteiger charge is 2.29. The van der Waals surface area contributed by atoms with Gasteiger partial charge in [0.05, 0.1) is 11.9 Å². The van der Waals surface area contributed by atoms with Crippen molar-refractivity contribution in [3.8, 4) is 0 Å². The van der Waals surface area contributed by atoms with E-state index in [1.54, 1.807) is 4.90 Å². The Labute approximate surface area is 223 Å². The van der Waals surface area contributed by atoms with Crippen LogP contribution >= 0.6 is 0 Å². The molecule has 0 aliphatic heterocycles. The van der Waals surface area contributed by atoms with E-state index in [1.807, 2.05) is 83.1 Å². The molecule has 0 spiro atoms. The predicted octanol–water partition coefficient (Wildman–Crippen LogP) is 4.61. The SMILES string of the molecule is CC[C@H](C)NC(=O)[C@H](CC)N(CCc1ccccc1)C(=O)CCCN(c1cc(C)cc(C)c1)S(C)(=O)=O. The lowest BCUT2D eigenvalue weighted by molar-refractivity contribution is -0.141. The highest BCUT2D eigenvalue weighted by Crippen LogP contribution is 2.22. The van der Waals surface area contributed by atoms with E-state index in [4.69, 9.17) is 0 Å². The molecule has 0 unspecified atom stereocenters. The molecule has 0 aromatic heterocycles. The number of carbonyl (C=O) groups is 2. The van der Waals surface area contributed by atoms with Crippen LogP contribution in [-0.4, -0.2) is 56.6 Å². The van der Waals surface area contributed by atoms with Crippen LogP contribution in [-0.2, 0) is 26.0 Å². The van der Waals surface area contributed by atoms with Crippen molar-refractivity contribution in [3.63, 3.8) is 0 Å². The average molecular weight is 530 g/mol. The summed E-state index contributed by atoms with van der Waals surface area (Å²) in [7, 11) is -3.52. The van der Waals surface area contributed by atoms with Gasteiger partial charge in [-0.3, -0.25) is 13.9 Å². The van der Waals surface area contributed by atoms with Crippen LogP contribution in [0.3, 0.4) is 0 Å². The predicted molar refractivity (Wildman–Crippen MR) is 151 cm³/mol. The molecule has 37 heavy (non-hydrogen) atoms. The summed E-state index contributed by atoms with van der Waals surface area (Å²) >= 11 is 0. The molecule has 204 valence electrons. The number of nitrogens with zero attached hydrogens (tertiary/aromatic N) is 2. The zero-order chi connectivity index (χ0) is 27.6. The molecular formula is C29H43N3O4S. The summed E-state index contributed by atoms with van der Waals surface area (Å²) in [6.45, 7) is 10.3. The molecule has 0 saturated carbocycles. The van der Waals surface area contributed by atoms with E-state index in [1.165, 1.54) is 10.6 Å². The molecule has 1 N–H and O–H groups in total. The second-order valence-electron chi connectivity index (χ2n) is 9.85. The molecule has 7 nitrogen and oxygen atoms in total. The van der Waals surface area contributed by atoms with Gasteiger partial charge in [-0.1, -0.05) is 50.2 Å². The van der Waals surface area contributed by atoms with E-state index >= 15 is 0 Å². The van der Waals surface area contributed by atoms with Crippen LogP contribution in [0.2, 0.25) is 0 Å². The summed E-state index contributed by atoms with van der Waals surface area (Å²) in [5.41, 5.74) is 3.65. The van der Waals surface area contributed by atoms with Crippen LogP contribution in [0.5, 0.6) is 0 Å². The van der Waals surface area contributed by atoms with Crippen LogP contribution in [0, 0.1) is 13.8 Å². The Morgan fingerprint density at radius 1 is 0.946 bits per heavy atom. The van der Waals surface area contributed by atoms with E-state index in [9.17, 15) is 18.0 Å². The molecule has 2 rings (SSSR count). The Morgan fingerprint density at radius 3 is 2.11 bits per heavy atom. The molecule has 0 saturated heterocycles. The van der Waals surface area contributed by atoms with Gasteiger partial charge >= 0.3 is 0 Å². The van der Waals surface area contributed by atoms with Gasteiger partial charge in [0, 0.05) is 25.6 Å². The molecule has 0 radical (unpaired) electrons. The topological polar surface area (TPSA) is 86.8 Å². The largest absolute Gasteiger partial charge is 0.352 e. The van der Waals surface area contributed by atoms with Crippen LogP contribution in [0.1, 0.15) is 63.1 Å². The first-order chi connectivity index (χ1) is 17.5. The zero-order valence-corrected chi connectivity index (χ0v) is 24.0. The van der Waals surface area contributed by atoms with Gasteiger partial charge in [-0.15, -0.1) is 0 Å². The van der Waals surface area contributed by atoms with Crippen molar-refractivity contribution in [3.05, 3.63) is 65.2 Å². The average Bonchev–Trinajstić information content (AvgIpc) is 2.83. The molecule has 2 amide bonds. The van der Waals surface area contributed by atoms with Gasteiger partial charge < -0.3 is 10.2 Å². The number of hydrogen-bond donors (Lipinski definition) is 1. The first-order valence-electron chi connectivity index (χ1n) is 13.2. The smallest absolute Gasteiger partial charge is 0.243 e. The van der Waals surface area contributed by atoms with Crippen molar-refractivity contribution in [2.24, 2.45) is 0 Å². The zero-order valence-electron chi connectivity index (χ0n) is 23.2. The summed E-state index contributed by atoms with van der Waals surface area (Å²) in [6, 6.07) is 15.0. The molecule has 0 aliphatic carbocycles. The molecule has 8 heteroatoms. The summed E-state index contributed by atoms with van der Waals surface area (Å²) < 4.78 is 26.5. The number of anilines is 1. The Balaban J connectivity index is 2.19. The molecule has 0 fully saturated rings. The molecule has 0 aliphatic rings. The van der Waals surface area contributed by atoms with Gasteiger partial charge in [-0.25, -0.2) is 8.42 Å². The number of rotatable bonds is 14. The minimum Gasteiger partial charge on any atom is -0.352 e. The Kier molecular flexibility index (Phi) is 11.6. The third-order valence-electron chi connectivity index (χ3n) is 6.52. The van der Waals surface area contributed by atoms with Gasteiger partial charge in [-0.2, -0.15) is 0 Å². The van der Waals surface area contributed by atoms with Crippen LogP contribution in [0.25, 0.3) is 0 Å². The third-order valence-corrected chi connectivity index (χ3v) is 7.71. The van der Waals surface area contributed by atoms with Crippen molar-refractivity contribution >= 4 is 27.5 Å². The Morgan fingerprint density at radius 2 is 1.57 bits per heavy atom. The number of amides is 2. The van der Waals surface area contributed by atoms with Crippen molar-refractivity contribution in [1.29, 1.82) is 0 Å². The lowest BCUT2D eigenvalue weighted by Crippen LogP contribution is -2.51. The van der Waals surface area contributed by atoms with E-state index < -0.39 is 16.1 Å². The maximum atomic E-state index is 13.5. The van der Waals surface area contributed by atoms with Crippen molar-refractivity contribution in [2.75, 3.05) is 23.7 Å². The molecule has 0 heterocycles. The second-order valence-corrected chi connectivity index (χ2v) is 11.8. The minimum absolute atomic E-state index is 0.0220. The monoisotopic (exact) mass is 529 g/mol. The number of nitrogens with one attached hydrogen (secondary N) is 1. The summed E-state index contributed by atoms with van der Waals surface area (Å²) in [6.07, 6.45) is 3.63. The molecule has 0 bridgehead atoms. The highest BCUT2D eigenvalue weighted by molar-refractivity contribution is 7.92. The van der Waals surface area contributed by atoms with E-state index in [-0.39, 0.29) is 30.8 Å². The van der Waals surface area contributed by atoms with Gasteiger partial charge in [0.25, 0.3) is 0 Å². The number of aryl methyl sites for hydroxylation is 2. The highest BCUT2D eigenvalue weighted by atomic mass is 32.2. The lowest BCUT2D eigenvalue weighted by atomic mass is 10.1. The standard InChI is InChI=1S/C29H43N3O4S/c1-7-24(5)30-29(34)27(8-2)31(18-16-25-13-10-9-11-14-25)28(33)15-12-17-32(37(6,35)36)26-20-22(3)19-23(4)21-26/h9-11,13-14,19-21,24,27H,7-8,12,15-18H2,1-6H3,(H,30,34)/t24-,27-/m0/s1. The van der Waals surface area contributed by atoms with E-state index in [0.29, 0.717) is 31.5 Å². The minimum atomic E-state index is -3.52. The number of hydrogen-bond acceptors (Lipinski definition) is 4. The molecular weight excluding hydrogens is 486 g/mol. The van der Waals surface area contributed by atoms with Crippen LogP contribution in [0.4, 0.5) is 5.69 Å². The van der Waals surface area contributed by atoms with Crippen LogP contribution < -0.4 is 9.62 Å². The number of benzene rings is 2. The Hall–Kier alpha value is -2.87. The van der Waals surface area contributed by atoms with Gasteiger partial charge in [0.1, 0.15) is 6.04 Å². The summed E-state index contributed by atoms with van der Waals surface area (Å²) in [4.78, 5) is 28.2. The fraction of sp³-hybridized carbons (Fsp3) is 0.517. The van der Waals surface area contributed by atoms with Crippen molar-refractivity contribution in [1.82, 2.24) is 10.2 Å². The second kappa shape index (κ2) is 14.2. The van der Waals surface area contributed by atoms with Crippen molar-refractivity contribution in [2.45, 2.75) is 78.8 Å². The van der Waals surface area contributed by atoms with Gasteiger partial charge in [-0.05, 0) is 75.3 Å². The fourth-order valence-electron chi connectivity index (χ4n) is 4.44. The Bertz CT molecular complexity index is 1110. The molecule has 2 aromatic carbocycles. The van der Waals surface area contributed by atoms with Gasteiger partial charge in [0.15, 0.2) is 0 Å². The quantitative estimate of drug-likeness (QED) is 0.387. The maximum Gasteiger partial charge on any atom is 0.243 e. The normalized spacial score (nSPS) is 13.0. The van der Waals surface area contributed by atoms with E-state index in [0.717, 1.165) is 23.1 Å². The summed E-state index contributed by atoms with van der Waals surface area (Å²) in [5.74, 6) is -0.290. The summed E-state index contributed by atoms with van der Waals surface area (Å²) in [5, 5.41) is 3.02. The first-order valence-corrected chi connectivity index (χ1v) is 15.0. The maximum absolute atomic E-state index is 13.5. The van der Waals surface area contributed by atoms with Gasteiger partial charge in [0.2, 0.25) is 21.8 Å². The van der Waals surface area contributed by atoms with Crippen LogP contribution in [0.15, 0.2) is 48.5 Å².